The molecule has 84 valence electrons. The van der Waals surface area contributed by atoms with Gasteiger partial charge >= 0.3 is 0 Å². The van der Waals surface area contributed by atoms with E-state index >= 15 is 0 Å². The number of benzene rings is 1. The number of allylic oxidation sites excluding steroid dienone is 5. The van der Waals surface area contributed by atoms with Crippen molar-refractivity contribution in [3.05, 3.63) is 65.2 Å². The quantitative estimate of drug-likeness (QED) is 0.621. The largest absolute Gasteiger partial charge is 0.0912 e. The van der Waals surface area contributed by atoms with Gasteiger partial charge in [0, 0.05) is 5.02 Å². The summed E-state index contributed by atoms with van der Waals surface area (Å²) in [5.74, 6) is 0. The molecule has 0 nitrogen and oxygen atoms in total. The van der Waals surface area contributed by atoms with Gasteiger partial charge in [0.25, 0.3) is 0 Å². The molecule has 0 unspecified atom stereocenters. The molecule has 0 N–H and O–H groups in total. The molecule has 0 bridgehead atoms. The van der Waals surface area contributed by atoms with E-state index in [-0.39, 0.29) is 0 Å². The standard InChI is InChI=1S/C15H17Cl/c1-4-13(5-2)10-9-12(3)14-7-6-8-15(16)11-14/h4,6-11H,3,5H2,1-2H3/b10-9-,13-4-. The Morgan fingerprint density at radius 3 is 2.69 bits per heavy atom. The van der Waals surface area contributed by atoms with E-state index in [1.165, 1.54) is 5.57 Å². The fourth-order valence-electron chi connectivity index (χ4n) is 1.41. The highest BCUT2D eigenvalue weighted by Gasteiger charge is 1.96. The summed E-state index contributed by atoms with van der Waals surface area (Å²) in [6, 6.07) is 7.74. The maximum absolute atomic E-state index is 5.93. The van der Waals surface area contributed by atoms with Crippen molar-refractivity contribution in [2.75, 3.05) is 0 Å². The molecule has 0 atom stereocenters. The second-order valence-corrected chi connectivity index (χ2v) is 4.02. The molecule has 0 aliphatic heterocycles. The number of rotatable bonds is 4. The SMILES string of the molecule is C=C(/C=C\C(=C/C)CC)c1cccc(Cl)c1. The second-order valence-electron chi connectivity index (χ2n) is 3.59. The van der Waals surface area contributed by atoms with Crippen molar-refractivity contribution < 1.29 is 0 Å². The van der Waals surface area contributed by atoms with Crippen LogP contribution in [-0.4, -0.2) is 0 Å². The van der Waals surface area contributed by atoms with Gasteiger partial charge in [-0.25, -0.2) is 0 Å². The maximum atomic E-state index is 5.93. The summed E-state index contributed by atoms with van der Waals surface area (Å²) in [5, 5.41) is 0.744. The van der Waals surface area contributed by atoms with E-state index in [0.29, 0.717) is 0 Å². The zero-order chi connectivity index (χ0) is 12.0. The highest BCUT2D eigenvalue weighted by Crippen LogP contribution is 2.19. The Labute approximate surface area is 103 Å². The van der Waals surface area contributed by atoms with Gasteiger partial charge in [0.2, 0.25) is 0 Å². The number of hydrogen-bond acceptors (Lipinski definition) is 0. The van der Waals surface area contributed by atoms with Crippen LogP contribution in [0.2, 0.25) is 5.02 Å². The lowest BCUT2D eigenvalue weighted by molar-refractivity contribution is 1.14. The minimum Gasteiger partial charge on any atom is -0.0912 e. The Balaban J connectivity index is 2.80. The monoisotopic (exact) mass is 232 g/mol. The Morgan fingerprint density at radius 1 is 1.38 bits per heavy atom. The van der Waals surface area contributed by atoms with Crippen LogP contribution in [0.4, 0.5) is 0 Å². The van der Waals surface area contributed by atoms with Gasteiger partial charge in [-0.05, 0) is 36.6 Å². The van der Waals surface area contributed by atoms with Crippen LogP contribution in [0.1, 0.15) is 25.8 Å². The maximum Gasteiger partial charge on any atom is 0.0412 e. The predicted molar refractivity (Wildman–Crippen MR) is 73.7 cm³/mol. The predicted octanol–water partition coefficient (Wildman–Crippen LogP) is 5.27. The first-order valence-electron chi connectivity index (χ1n) is 5.45. The van der Waals surface area contributed by atoms with Gasteiger partial charge in [-0.2, -0.15) is 0 Å². The summed E-state index contributed by atoms with van der Waals surface area (Å²) >= 11 is 5.93. The smallest absolute Gasteiger partial charge is 0.0412 e. The number of hydrogen-bond donors (Lipinski definition) is 0. The molecule has 0 spiro atoms. The highest BCUT2D eigenvalue weighted by molar-refractivity contribution is 6.30. The first-order chi connectivity index (χ1) is 7.67. The summed E-state index contributed by atoms with van der Waals surface area (Å²) < 4.78 is 0. The van der Waals surface area contributed by atoms with Crippen LogP contribution in [0.25, 0.3) is 5.57 Å². The van der Waals surface area contributed by atoms with E-state index in [1.807, 2.05) is 37.3 Å². The minimum absolute atomic E-state index is 0.744. The van der Waals surface area contributed by atoms with E-state index in [2.05, 4.69) is 25.7 Å². The molecule has 1 heteroatoms. The molecule has 1 aromatic rings. The second kappa shape index (κ2) is 6.34. The Hall–Kier alpha value is -1.27. The van der Waals surface area contributed by atoms with Crippen LogP contribution in [0.5, 0.6) is 0 Å². The molecule has 0 heterocycles. The summed E-state index contributed by atoms with van der Waals surface area (Å²) in [6.45, 7) is 8.22. The molecule has 0 aliphatic rings. The van der Waals surface area contributed by atoms with Crippen molar-refractivity contribution >= 4 is 17.2 Å². The van der Waals surface area contributed by atoms with Crippen molar-refractivity contribution in [2.24, 2.45) is 0 Å². The molecule has 0 aliphatic carbocycles. The van der Waals surface area contributed by atoms with E-state index in [1.54, 1.807) is 0 Å². The Kier molecular flexibility index (Phi) is 5.07. The lowest BCUT2D eigenvalue weighted by Gasteiger charge is -2.01. The van der Waals surface area contributed by atoms with Gasteiger partial charge in [0.05, 0.1) is 0 Å². The lowest BCUT2D eigenvalue weighted by Crippen LogP contribution is -1.79. The average Bonchev–Trinajstić information content (AvgIpc) is 2.30. The van der Waals surface area contributed by atoms with Crippen molar-refractivity contribution in [1.82, 2.24) is 0 Å². The molecule has 16 heavy (non-hydrogen) atoms. The molecular formula is C15H17Cl. The first-order valence-corrected chi connectivity index (χ1v) is 5.83. The van der Waals surface area contributed by atoms with Crippen LogP contribution in [0, 0.1) is 0 Å². The van der Waals surface area contributed by atoms with E-state index < -0.39 is 0 Å². The van der Waals surface area contributed by atoms with E-state index in [9.17, 15) is 0 Å². The van der Waals surface area contributed by atoms with Crippen LogP contribution in [0.3, 0.4) is 0 Å². The van der Waals surface area contributed by atoms with Gasteiger partial charge in [-0.1, -0.05) is 61.0 Å². The fourth-order valence-corrected chi connectivity index (χ4v) is 1.60. The molecule has 0 saturated heterocycles. The molecule has 0 aromatic heterocycles. The van der Waals surface area contributed by atoms with Crippen LogP contribution in [0.15, 0.2) is 54.6 Å². The molecule has 1 aromatic carbocycles. The third kappa shape index (κ3) is 3.71. The van der Waals surface area contributed by atoms with Crippen molar-refractivity contribution in [3.8, 4) is 0 Å². The van der Waals surface area contributed by atoms with E-state index in [4.69, 9.17) is 11.6 Å². The first kappa shape index (κ1) is 12.8. The van der Waals surface area contributed by atoms with Crippen LogP contribution < -0.4 is 0 Å². The van der Waals surface area contributed by atoms with Crippen molar-refractivity contribution in [3.63, 3.8) is 0 Å². The topological polar surface area (TPSA) is 0 Å². The van der Waals surface area contributed by atoms with Gasteiger partial charge < -0.3 is 0 Å². The summed E-state index contributed by atoms with van der Waals surface area (Å²) in [5.41, 5.74) is 3.36. The summed E-state index contributed by atoms with van der Waals surface area (Å²) in [4.78, 5) is 0. The van der Waals surface area contributed by atoms with Crippen molar-refractivity contribution in [2.45, 2.75) is 20.3 Å². The average molecular weight is 233 g/mol. The van der Waals surface area contributed by atoms with Gasteiger partial charge in [0.1, 0.15) is 0 Å². The normalized spacial score (nSPS) is 12.1. The molecule has 1 rings (SSSR count). The lowest BCUT2D eigenvalue weighted by atomic mass is 10.1. The summed E-state index contributed by atoms with van der Waals surface area (Å²) in [7, 11) is 0. The summed E-state index contributed by atoms with van der Waals surface area (Å²) in [6.07, 6.45) is 7.28. The van der Waals surface area contributed by atoms with E-state index in [0.717, 1.165) is 22.6 Å². The molecule has 0 radical (unpaired) electrons. The highest BCUT2D eigenvalue weighted by atomic mass is 35.5. The number of halogens is 1. The van der Waals surface area contributed by atoms with Crippen LogP contribution >= 0.6 is 11.6 Å². The fraction of sp³-hybridized carbons (Fsp3) is 0.200. The van der Waals surface area contributed by atoms with Gasteiger partial charge in [-0.15, -0.1) is 0 Å². The van der Waals surface area contributed by atoms with Gasteiger partial charge in [-0.3, -0.25) is 0 Å². The minimum atomic E-state index is 0.744. The zero-order valence-corrected chi connectivity index (χ0v) is 10.6. The third-order valence-corrected chi connectivity index (χ3v) is 2.71. The molecular weight excluding hydrogens is 216 g/mol. The zero-order valence-electron chi connectivity index (χ0n) is 9.83. The Morgan fingerprint density at radius 2 is 2.12 bits per heavy atom. The third-order valence-electron chi connectivity index (χ3n) is 2.47. The molecule has 0 saturated carbocycles. The molecule has 0 amide bonds. The van der Waals surface area contributed by atoms with Gasteiger partial charge in [0.15, 0.2) is 0 Å². The van der Waals surface area contributed by atoms with Crippen molar-refractivity contribution in [1.29, 1.82) is 0 Å². The molecule has 0 fully saturated rings. The Bertz CT molecular complexity index is 425. The van der Waals surface area contributed by atoms with Crippen LogP contribution in [-0.2, 0) is 0 Å².